The van der Waals surface area contributed by atoms with E-state index in [-0.39, 0.29) is 29.7 Å². The molecule has 1 N–H and O–H groups in total. The Labute approximate surface area is 210 Å². The highest BCUT2D eigenvalue weighted by Crippen LogP contribution is 2.49. The molecule has 3 amide bonds. The lowest BCUT2D eigenvalue weighted by Crippen LogP contribution is -2.73. The highest BCUT2D eigenvalue weighted by Gasteiger charge is 2.63. The molecule has 4 heterocycles. The van der Waals surface area contributed by atoms with E-state index in [1.54, 1.807) is 4.90 Å². The first-order valence-electron chi connectivity index (χ1n) is 13.3. The average Bonchev–Trinajstić information content (AvgIpc) is 3.15. The second kappa shape index (κ2) is 8.17. The van der Waals surface area contributed by atoms with Gasteiger partial charge < -0.3 is 9.64 Å². The van der Waals surface area contributed by atoms with Gasteiger partial charge in [0.2, 0.25) is 5.91 Å². The van der Waals surface area contributed by atoms with Gasteiger partial charge in [0.1, 0.15) is 17.4 Å². The Morgan fingerprint density at radius 2 is 1.69 bits per heavy atom. The SMILES string of the molecule is O=C1NC(=O)C2(N3Cc4cc(O[C@H]5CCCC[C@H]5N5CC(c6ccccc6)C5)ccc4C3=O)CC1C2. The fourth-order valence-electron chi connectivity index (χ4n) is 7.04. The molecule has 2 saturated carbocycles. The van der Waals surface area contributed by atoms with E-state index in [1.165, 1.54) is 18.4 Å². The summed E-state index contributed by atoms with van der Waals surface area (Å²) in [5.41, 5.74) is 2.08. The Balaban J connectivity index is 1.04. The summed E-state index contributed by atoms with van der Waals surface area (Å²) in [6.45, 7) is 2.55. The third-order valence-electron chi connectivity index (χ3n) is 9.20. The van der Waals surface area contributed by atoms with E-state index in [1.807, 2.05) is 18.2 Å². The standard InChI is InChI=1S/C29H31N3O4/c33-26-20-13-29(14-20,28(35)30-26)32-17-19-12-22(10-11-23(19)27(32)34)36-25-9-5-4-8-24(25)31-15-21(16-31)18-6-2-1-3-7-18/h1-3,6-7,10-12,20-21,24-25H,4-5,8-9,13-17H2,(H,30,33,35)/t20?,24-,25+,29?/m1/s1. The topological polar surface area (TPSA) is 79.0 Å². The molecule has 7 nitrogen and oxygen atoms in total. The molecule has 2 bridgehead atoms. The molecule has 0 aromatic heterocycles. The number of piperidine rings is 2. The normalized spacial score (nSPS) is 31.9. The molecule has 5 fully saturated rings. The number of hydrogen-bond donors (Lipinski definition) is 1. The number of likely N-dealkylation sites (tertiary alicyclic amines) is 1. The zero-order chi connectivity index (χ0) is 24.4. The molecule has 7 heteroatoms. The largest absolute Gasteiger partial charge is 0.489 e. The van der Waals surface area contributed by atoms with Gasteiger partial charge in [0.25, 0.3) is 11.8 Å². The van der Waals surface area contributed by atoms with Crippen LogP contribution in [0.3, 0.4) is 0 Å². The van der Waals surface area contributed by atoms with E-state index in [2.05, 4.69) is 40.5 Å². The van der Waals surface area contributed by atoms with Gasteiger partial charge in [-0.3, -0.25) is 24.6 Å². The molecular weight excluding hydrogens is 454 g/mol. The number of ether oxygens (including phenoxy) is 1. The average molecular weight is 486 g/mol. The lowest BCUT2D eigenvalue weighted by Gasteiger charge is -2.53. The van der Waals surface area contributed by atoms with Crippen molar-refractivity contribution >= 4 is 17.7 Å². The lowest BCUT2D eigenvalue weighted by molar-refractivity contribution is -0.160. The summed E-state index contributed by atoms with van der Waals surface area (Å²) in [4.78, 5) is 42.0. The number of imide groups is 1. The summed E-state index contributed by atoms with van der Waals surface area (Å²) >= 11 is 0. The van der Waals surface area contributed by atoms with Crippen LogP contribution in [0.15, 0.2) is 48.5 Å². The molecule has 0 spiro atoms. The van der Waals surface area contributed by atoms with Crippen molar-refractivity contribution in [1.82, 2.24) is 15.1 Å². The number of carbonyl (C=O) groups is 3. The number of rotatable bonds is 5. The first kappa shape index (κ1) is 22.0. The van der Waals surface area contributed by atoms with Crippen LogP contribution in [-0.2, 0) is 16.1 Å². The van der Waals surface area contributed by atoms with Crippen LogP contribution in [0.25, 0.3) is 0 Å². The van der Waals surface area contributed by atoms with Crippen molar-refractivity contribution in [2.75, 3.05) is 13.1 Å². The van der Waals surface area contributed by atoms with E-state index >= 15 is 0 Å². The fraction of sp³-hybridized carbons (Fsp3) is 0.483. The van der Waals surface area contributed by atoms with Gasteiger partial charge in [0.05, 0.1) is 0 Å². The smallest absolute Gasteiger partial charge is 0.255 e. The van der Waals surface area contributed by atoms with Crippen molar-refractivity contribution in [3.05, 3.63) is 65.2 Å². The number of hydrogen-bond acceptors (Lipinski definition) is 5. The molecule has 36 heavy (non-hydrogen) atoms. The van der Waals surface area contributed by atoms with Crippen LogP contribution in [0.5, 0.6) is 5.75 Å². The van der Waals surface area contributed by atoms with Crippen molar-refractivity contribution in [1.29, 1.82) is 0 Å². The molecule has 3 saturated heterocycles. The van der Waals surface area contributed by atoms with E-state index in [4.69, 9.17) is 4.74 Å². The second-order valence-corrected chi connectivity index (χ2v) is 11.2. The molecule has 6 aliphatic rings. The van der Waals surface area contributed by atoms with Crippen molar-refractivity contribution in [2.45, 2.75) is 68.7 Å². The minimum Gasteiger partial charge on any atom is -0.489 e. The van der Waals surface area contributed by atoms with Crippen LogP contribution in [-0.4, -0.2) is 58.3 Å². The molecular formula is C29H31N3O4. The van der Waals surface area contributed by atoms with Crippen LogP contribution in [0.4, 0.5) is 0 Å². The number of carbonyl (C=O) groups excluding carboxylic acids is 3. The number of amides is 3. The van der Waals surface area contributed by atoms with Crippen LogP contribution >= 0.6 is 0 Å². The minimum absolute atomic E-state index is 0.123. The summed E-state index contributed by atoms with van der Waals surface area (Å²) in [5.74, 6) is 0.574. The third kappa shape index (κ3) is 3.32. The van der Waals surface area contributed by atoms with Gasteiger partial charge in [0.15, 0.2) is 0 Å². The maximum atomic E-state index is 13.2. The first-order valence-corrected chi connectivity index (χ1v) is 13.3. The first-order chi connectivity index (χ1) is 17.5. The Kier molecular flexibility index (Phi) is 5.00. The summed E-state index contributed by atoms with van der Waals surface area (Å²) in [6, 6.07) is 16.9. The maximum absolute atomic E-state index is 13.2. The summed E-state index contributed by atoms with van der Waals surface area (Å²) in [6.07, 6.45) is 5.61. The van der Waals surface area contributed by atoms with Crippen molar-refractivity contribution in [2.24, 2.45) is 5.92 Å². The van der Waals surface area contributed by atoms with Gasteiger partial charge in [0, 0.05) is 43.1 Å². The molecule has 186 valence electrons. The Bertz CT molecular complexity index is 1230. The molecule has 0 radical (unpaired) electrons. The van der Waals surface area contributed by atoms with Crippen LogP contribution < -0.4 is 10.1 Å². The lowest BCUT2D eigenvalue weighted by atomic mass is 9.63. The Hall–Kier alpha value is -3.19. The van der Waals surface area contributed by atoms with E-state index < -0.39 is 5.54 Å². The van der Waals surface area contributed by atoms with Crippen LogP contribution in [0, 0.1) is 5.92 Å². The Morgan fingerprint density at radius 3 is 2.47 bits per heavy atom. The number of nitrogens with one attached hydrogen (secondary N) is 1. The minimum atomic E-state index is -0.878. The Morgan fingerprint density at radius 1 is 0.917 bits per heavy atom. The number of fused-ring (bicyclic) bond motifs is 3. The quantitative estimate of drug-likeness (QED) is 0.658. The fourth-order valence-corrected chi connectivity index (χ4v) is 7.04. The van der Waals surface area contributed by atoms with Gasteiger partial charge in [-0.15, -0.1) is 0 Å². The molecule has 2 aliphatic carbocycles. The molecule has 2 atom stereocenters. The van der Waals surface area contributed by atoms with Gasteiger partial charge in [-0.1, -0.05) is 36.8 Å². The third-order valence-corrected chi connectivity index (χ3v) is 9.20. The predicted octanol–water partition coefficient (Wildman–Crippen LogP) is 3.24. The predicted molar refractivity (Wildman–Crippen MR) is 132 cm³/mol. The molecule has 8 rings (SSSR count). The van der Waals surface area contributed by atoms with Crippen molar-refractivity contribution in [3.63, 3.8) is 0 Å². The second-order valence-electron chi connectivity index (χ2n) is 11.2. The number of benzene rings is 2. The molecule has 0 unspecified atom stereocenters. The van der Waals surface area contributed by atoms with Crippen LogP contribution in [0.1, 0.15) is 65.9 Å². The van der Waals surface area contributed by atoms with E-state index in [0.29, 0.717) is 36.9 Å². The van der Waals surface area contributed by atoms with E-state index in [9.17, 15) is 14.4 Å². The van der Waals surface area contributed by atoms with Crippen molar-refractivity contribution in [3.8, 4) is 5.75 Å². The number of nitrogens with zero attached hydrogens (tertiary/aromatic N) is 2. The zero-order valence-corrected chi connectivity index (χ0v) is 20.3. The summed E-state index contributed by atoms with van der Waals surface area (Å²) < 4.78 is 6.58. The van der Waals surface area contributed by atoms with Gasteiger partial charge in [-0.2, -0.15) is 0 Å². The van der Waals surface area contributed by atoms with Crippen molar-refractivity contribution < 1.29 is 19.1 Å². The molecule has 2 aromatic carbocycles. The summed E-state index contributed by atoms with van der Waals surface area (Å²) in [5, 5.41) is 2.45. The van der Waals surface area contributed by atoms with Gasteiger partial charge in [-0.05, 0) is 61.4 Å². The summed E-state index contributed by atoms with van der Waals surface area (Å²) in [7, 11) is 0. The van der Waals surface area contributed by atoms with Crippen LogP contribution in [0.2, 0.25) is 0 Å². The highest BCUT2D eigenvalue weighted by molar-refractivity contribution is 6.10. The van der Waals surface area contributed by atoms with Gasteiger partial charge >= 0.3 is 0 Å². The van der Waals surface area contributed by atoms with E-state index in [0.717, 1.165) is 37.2 Å². The molecule has 2 aromatic rings. The molecule has 4 aliphatic heterocycles. The zero-order valence-electron chi connectivity index (χ0n) is 20.3. The van der Waals surface area contributed by atoms with Gasteiger partial charge in [-0.25, -0.2) is 0 Å². The monoisotopic (exact) mass is 485 g/mol. The maximum Gasteiger partial charge on any atom is 0.255 e. The highest BCUT2D eigenvalue weighted by atomic mass is 16.5.